The Kier molecular flexibility index (Phi) is 24.0. The molecule has 80 heavy (non-hydrogen) atoms. The van der Waals surface area contributed by atoms with Crippen molar-refractivity contribution in [2.75, 3.05) is 44.2 Å². The summed E-state index contributed by atoms with van der Waals surface area (Å²) < 4.78 is 5.88. The van der Waals surface area contributed by atoms with E-state index in [1.54, 1.807) is 23.9 Å². The number of imide groups is 1. The number of aromatic carboxylic acids is 1. The molecule has 19 nitrogen and oxygen atoms in total. The number of rotatable bonds is 35. The molecule has 5 aliphatic rings. The Hall–Kier alpha value is -6.61. The fourth-order valence-electron chi connectivity index (χ4n) is 10.6. The van der Waals surface area contributed by atoms with Gasteiger partial charge >= 0.3 is 12.0 Å². The first-order valence-electron chi connectivity index (χ1n) is 28.6. The molecule has 432 valence electrons. The summed E-state index contributed by atoms with van der Waals surface area (Å²) in [6.45, 7) is 1.88. The maximum Gasteiger partial charge on any atom is 0.336 e. The van der Waals surface area contributed by atoms with Crippen LogP contribution >= 0.6 is 23.5 Å². The largest absolute Gasteiger partial charge is 0.508 e. The number of nitrogens with one attached hydrogen (secondary N) is 6. The van der Waals surface area contributed by atoms with Gasteiger partial charge in [-0.2, -0.15) is 11.8 Å². The van der Waals surface area contributed by atoms with Gasteiger partial charge in [0, 0.05) is 104 Å². The molecule has 4 aliphatic heterocycles. The number of amides is 8. The number of phenols is 1. The quantitative estimate of drug-likeness (QED) is 0.00942. The SMILES string of the molecule is O=C(CCCCCCCCCCSC1CC(=O)N(CCCCCC(=O)NCCNC(=O)c2ccc(-c3c4ccc(=O)cc-4oc4cc(O)ccc34)c(C(=O)O)c2)C1=O)NCCCCCNC(=O)CCCC[C@@H]1SC[C@@H]2NC(=O)N[C@@H]21. The molecule has 4 heterocycles. The lowest BCUT2D eigenvalue weighted by Crippen LogP contribution is -2.36. The van der Waals surface area contributed by atoms with E-state index in [1.165, 1.54) is 47.4 Å². The number of likely N-dealkylation sites (tertiary alicyclic amines) is 1. The van der Waals surface area contributed by atoms with Crippen LogP contribution in [0.5, 0.6) is 5.75 Å². The summed E-state index contributed by atoms with van der Waals surface area (Å²) in [5.74, 6) is -0.212. The third-order valence-electron chi connectivity index (χ3n) is 14.9. The molecule has 0 bridgehead atoms. The van der Waals surface area contributed by atoms with Crippen molar-refractivity contribution >= 4 is 81.9 Å². The molecule has 2 aromatic carbocycles. The second-order valence-electron chi connectivity index (χ2n) is 21.0. The molecule has 2 aromatic rings. The van der Waals surface area contributed by atoms with Crippen molar-refractivity contribution in [3.63, 3.8) is 0 Å². The van der Waals surface area contributed by atoms with Crippen molar-refractivity contribution in [1.82, 2.24) is 36.8 Å². The Labute approximate surface area is 475 Å². The van der Waals surface area contributed by atoms with Gasteiger partial charge in [0.05, 0.1) is 22.9 Å². The van der Waals surface area contributed by atoms with Crippen molar-refractivity contribution in [2.45, 2.75) is 157 Å². The molecular weight excluding hydrogens is 1060 g/mol. The number of phenolic OH excluding ortho intramolecular Hbond substituents is 1. The van der Waals surface area contributed by atoms with Crippen molar-refractivity contribution in [1.29, 1.82) is 0 Å². The van der Waals surface area contributed by atoms with E-state index in [4.69, 9.17) is 4.42 Å². The lowest BCUT2D eigenvalue weighted by atomic mass is 9.90. The number of urea groups is 1. The summed E-state index contributed by atoms with van der Waals surface area (Å²) >= 11 is 3.46. The summed E-state index contributed by atoms with van der Waals surface area (Å²) in [6.07, 6.45) is 17.3. The van der Waals surface area contributed by atoms with E-state index in [0.29, 0.717) is 73.5 Å². The van der Waals surface area contributed by atoms with Crippen LogP contribution in [0.1, 0.15) is 156 Å². The molecule has 0 spiro atoms. The zero-order valence-corrected chi connectivity index (χ0v) is 47.2. The topological polar surface area (TPSA) is 283 Å². The minimum atomic E-state index is -1.28. The lowest BCUT2D eigenvalue weighted by molar-refractivity contribution is -0.138. The van der Waals surface area contributed by atoms with Gasteiger partial charge in [0.1, 0.15) is 17.1 Å². The van der Waals surface area contributed by atoms with Gasteiger partial charge in [-0.15, -0.1) is 11.8 Å². The fraction of sp³-hybridized carbons (Fsp3) is 0.542. The number of carboxylic acids is 1. The molecular formula is C59H77N7O12S2. The summed E-state index contributed by atoms with van der Waals surface area (Å²) in [5, 5.41) is 38.4. The van der Waals surface area contributed by atoms with Crippen LogP contribution in [0.25, 0.3) is 33.4 Å². The summed E-state index contributed by atoms with van der Waals surface area (Å²) in [6, 6.07) is 13.2. The van der Waals surface area contributed by atoms with E-state index in [0.717, 1.165) is 101 Å². The molecule has 7 rings (SSSR count). The Morgan fingerprint density at radius 2 is 1.29 bits per heavy atom. The highest BCUT2D eigenvalue weighted by Crippen LogP contribution is 2.42. The summed E-state index contributed by atoms with van der Waals surface area (Å²) in [5.41, 5.74) is 1.08. The standard InChI is InChI=1S/C59H77N7O12S2/c67-39-22-25-42-46(34-39)78-47-35-40(68)23-26-43(47)54(42)41-24-21-38(33-44(41)58(75)76)56(73)63-30-29-62-52(71)19-10-7-15-31-66-53(72)36-49(57(66)74)79-32-16-6-4-2-1-3-5-9-18-50(69)60-27-13-8-14-28-61-51(70)20-12-11-17-48-55-45(37-80-48)64-59(77)65-55/h21-26,33-35,45,48-49,55,67H,1-20,27-32,36-37H2,(H,60,69)(H,61,70)(H,62,71)(H,63,73)(H,75,76)(H2,64,65,77)/t45-,48-,49?,55-/m0/s1. The smallest absolute Gasteiger partial charge is 0.336 e. The molecule has 0 aromatic heterocycles. The second-order valence-corrected chi connectivity index (χ2v) is 23.5. The predicted molar refractivity (Wildman–Crippen MR) is 310 cm³/mol. The maximum atomic E-state index is 13.1. The summed E-state index contributed by atoms with van der Waals surface area (Å²) in [4.78, 5) is 113. The van der Waals surface area contributed by atoms with Crippen LogP contribution in [-0.2, 0) is 24.0 Å². The first-order chi connectivity index (χ1) is 38.7. The van der Waals surface area contributed by atoms with Crippen molar-refractivity contribution in [3.05, 3.63) is 75.9 Å². The number of thioether (sulfide) groups is 2. The molecule has 3 fully saturated rings. The van der Waals surface area contributed by atoms with E-state index >= 15 is 0 Å². The molecule has 8 amide bonds. The van der Waals surface area contributed by atoms with Gasteiger partial charge in [0.2, 0.25) is 29.5 Å². The minimum absolute atomic E-state index is 0.0676. The average Bonchev–Trinajstić information content (AvgIpc) is 4.16. The minimum Gasteiger partial charge on any atom is -0.508 e. The third-order valence-corrected chi connectivity index (χ3v) is 17.7. The van der Waals surface area contributed by atoms with Crippen molar-refractivity contribution in [2.24, 2.45) is 0 Å². The fourth-order valence-corrected chi connectivity index (χ4v) is 13.3. The number of carboxylic acid groups (broad SMARTS) is 1. The maximum absolute atomic E-state index is 13.1. The number of nitrogens with zero attached hydrogens (tertiary/aromatic N) is 1. The van der Waals surface area contributed by atoms with Gasteiger partial charge in [-0.25, -0.2) is 9.59 Å². The predicted octanol–water partition coefficient (Wildman–Crippen LogP) is 7.88. The Bertz CT molecular complexity index is 2840. The number of hydrogen-bond donors (Lipinski definition) is 8. The Morgan fingerprint density at radius 1 is 0.662 bits per heavy atom. The molecule has 0 radical (unpaired) electrons. The number of aromatic hydroxyl groups is 1. The first kappa shape index (κ1) is 61.0. The summed E-state index contributed by atoms with van der Waals surface area (Å²) in [7, 11) is 0. The number of unbranched alkanes of at least 4 members (excludes halogenated alkanes) is 12. The van der Waals surface area contributed by atoms with E-state index in [1.807, 2.05) is 11.8 Å². The second kappa shape index (κ2) is 31.4. The van der Waals surface area contributed by atoms with Gasteiger partial charge in [-0.05, 0) is 106 Å². The molecule has 8 N–H and O–H groups in total. The third kappa shape index (κ3) is 18.2. The van der Waals surface area contributed by atoms with Crippen molar-refractivity contribution < 1.29 is 53.0 Å². The zero-order chi connectivity index (χ0) is 56.8. The van der Waals surface area contributed by atoms with Crippen LogP contribution in [0.15, 0.2) is 63.8 Å². The number of benzene rings is 3. The number of fused-ring (bicyclic) bond motifs is 3. The van der Waals surface area contributed by atoms with E-state index in [9.17, 15) is 53.4 Å². The Morgan fingerprint density at radius 3 is 2.00 bits per heavy atom. The normalized spacial score (nSPS) is 17.6. The van der Waals surface area contributed by atoms with Crippen LogP contribution in [0.2, 0.25) is 0 Å². The first-order valence-corrected chi connectivity index (χ1v) is 30.7. The van der Waals surface area contributed by atoms with Crippen LogP contribution in [0.4, 0.5) is 4.79 Å². The van der Waals surface area contributed by atoms with Gasteiger partial charge in [-0.1, -0.05) is 57.4 Å². The Balaban J connectivity index is 0.644. The molecule has 1 aliphatic carbocycles. The highest BCUT2D eigenvalue weighted by molar-refractivity contribution is 8.00. The monoisotopic (exact) mass is 1140 g/mol. The van der Waals surface area contributed by atoms with Gasteiger partial charge in [0.25, 0.3) is 5.91 Å². The molecule has 21 heteroatoms. The van der Waals surface area contributed by atoms with E-state index < -0.39 is 11.9 Å². The van der Waals surface area contributed by atoms with Crippen LogP contribution in [0, 0.1) is 0 Å². The van der Waals surface area contributed by atoms with Crippen LogP contribution < -0.4 is 37.3 Å². The lowest BCUT2D eigenvalue weighted by Gasteiger charge is -2.17. The van der Waals surface area contributed by atoms with Crippen LogP contribution in [-0.4, -0.2) is 129 Å². The highest BCUT2D eigenvalue weighted by Gasteiger charge is 2.42. The molecule has 0 saturated carbocycles. The zero-order valence-electron chi connectivity index (χ0n) is 45.5. The van der Waals surface area contributed by atoms with E-state index in [-0.39, 0.29) is 118 Å². The van der Waals surface area contributed by atoms with Crippen LogP contribution in [0.3, 0.4) is 0 Å². The highest BCUT2D eigenvalue weighted by atomic mass is 32.2. The number of hydrogen-bond acceptors (Lipinski definition) is 13. The van der Waals surface area contributed by atoms with Gasteiger partial charge < -0.3 is 46.5 Å². The van der Waals surface area contributed by atoms with Gasteiger partial charge in [0.15, 0.2) is 5.43 Å². The molecule has 4 atom stereocenters. The average molecular weight is 1140 g/mol. The van der Waals surface area contributed by atoms with Gasteiger partial charge in [-0.3, -0.25) is 38.5 Å². The number of carbonyl (C=O) groups is 8. The number of carbonyl (C=O) groups excluding carboxylic acids is 7. The molecule has 3 saturated heterocycles. The molecule has 1 unspecified atom stereocenters. The van der Waals surface area contributed by atoms with E-state index in [2.05, 4.69) is 31.9 Å². The van der Waals surface area contributed by atoms with Crippen molar-refractivity contribution in [3.8, 4) is 28.2 Å².